The molecular weight excluding hydrogens is 1800 g/mol. The molecule has 6 saturated heterocycles. The van der Waals surface area contributed by atoms with Gasteiger partial charge in [0, 0.05) is 141 Å². The molecule has 19 rings (SSSR count). The van der Waals surface area contributed by atoms with Crippen molar-refractivity contribution in [3.63, 3.8) is 0 Å². The highest BCUT2D eigenvalue weighted by molar-refractivity contribution is 5.85. The summed E-state index contributed by atoms with van der Waals surface area (Å²) in [6.07, 6.45) is 24.5. The van der Waals surface area contributed by atoms with Gasteiger partial charge in [0.25, 0.3) is 33.4 Å². The zero-order valence-corrected chi connectivity index (χ0v) is 80.9. The maximum atomic E-state index is 12.6. The molecule has 0 saturated carbocycles. The lowest BCUT2D eigenvalue weighted by Crippen LogP contribution is -2.37. The summed E-state index contributed by atoms with van der Waals surface area (Å²) in [7, 11) is 0. The third-order valence-electron chi connectivity index (χ3n) is 27.5. The molecule has 6 aromatic carbocycles. The summed E-state index contributed by atoms with van der Waals surface area (Å²) < 4.78 is 9.17. The highest BCUT2D eigenvalue weighted by Crippen LogP contribution is 2.34. The molecule has 0 amide bonds. The van der Waals surface area contributed by atoms with E-state index in [1.807, 2.05) is 236 Å². The van der Waals surface area contributed by atoms with Crippen LogP contribution in [0.1, 0.15) is 162 Å². The molecule has 0 spiro atoms. The lowest BCUT2D eigenvalue weighted by atomic mass is 10.1. The fraction of sp³-hybridized carbons (Fsp3) is 0.363. The van der Waals surface area contributed by atoms with E-state index in [2.05, 4.69) is 36.4 Å². The number of nitrogens with zero attached hydrogens (tertiary/aromatic N) is 13. The fourth-order valence-electron chi connectivity index (χ4n) is 19.6. The molecule has 0 aliphatic carbocycles. The van der Waals surface area contributed by atoms with Gasteiger partial charge in [0.05, 0.1) is 63.7 Å². The van der Waals surface area contributed by atoms with Gasteiger partial charge in [-0.15, -0.1) is 0 Å². The second-order valence-corrected chi connectivity index (χ2v) is 37.6. The number of ketones is 1. The first kappa shape index (κ1) is 104. The molecule has 142 heavy (non-hydrogen) atoms. The second-order valence-electron chi connectivity index (χ2n) is 37.6. The Labute approximate surface area is 827 Å². The average Bonchev–Trinajstić information content (AvgIpc) is 1.57. The van der Waals surface area contributed by atoms with E-state index in [-0.39, 0.29) is 99.4 Å². The minimum Gasteiger partial charge on any atom is -0.503 e. The van der Waals surface area contributed by atoms with Crippen LogP contribution in [0, 0.1) is 5.92 Å². The number of rotatable bonds is 30. The summed E-state index contributed by atoms with van der Waals surface area (Å²) >= 11 is 0. The van der Waals surface area contributed by atoms with Crippen molar-refractivity contribution >= 4 is 5.78 Å². The Morgan fingerprint density at radius 1 is 0.303 bits per heavy atom. The Kier molecular flexibility index (Phi) is 38.2. The van der Waals surface area contributed by atoms with Crippen molar-refractivity contribution in [1.29, 1.82) is 0 Å². The minimum atomic E-state index is -0.480. The van der Waals surface area contributed by atoms with Crippen LogP contribution in [0.25, 0.3) is 0 Å². The predicted molar refractivity (Wildman–Crippen MR) is 549 cm³/mol. The summed E-state index contributed by atoms with van der Waals surface area (Å²) in [6, 6.07) is 75.6. The molecule has 746 valence electrons. The minimum absolute atomic E-state index is 0.111. The van der Waals surface area contributed by atoms with Gasteiger partial charge in [0.1, 0.15) is 6.61 Å². The van der Waals surface area contributed by atoms with E-state index in [1.165, 1.54) is 33.0 Å². The van der Waals surface area contributed by atoms with Crippen LogP contribution < -0.4 is 33.4 Å². The molecule has 5 atom stereocenters. The molecule has 6 fully saturated rings. The number of benzene rings is 6. The normalized spacial score (nSPS) is 17.6. The highest BCUT2D eigenvalue weighted by atomic mass is 16.3. The highest BCUT2D eigenvalue weighted by Gasteiger charge is 2.33. The topological polar surface area (TPSA) is 363 Å². The van der Waals surface area contributed by atoms with Crippen LogP contribution in [-0.4, -0.2) is 204 Å². The number of aromatic nitrogens is 7. The molecule has 0 bridgehead atoms. The standard InChI is InChI=1S/C22H23N3O2.C19H22N2O4.C19H24N2O3.C18H22N2O3.C18H22N2O2.C17H20N2O2/c26-21-18(11-14-25(22(21)27)15-17-7-2-1-3-8-17)16-24-13-6-10-20(24)19-9-4-5-12-23-19;22-13-17(23)16-7-4-9-20(16)12-15-8-10-21(19(25)18(15)24)11-14-5-2-1-3-6-14;22-12-9-17-7-4-10-20(17)14-16-8-11-21(19(24)18(16)23)13-15-5-2-1-3-6-15;21-13-16-7-4-9-19(16)12-15-8-10-20(18(23)17(15)22)11-14-5-2-1-3-6-14;1-14-7-9-19(11-14)13-16-8-10-20(18(22)17(16)21)12-15-5-3-2-4-6-15;20-16-15(13-18-9-4-5-10-18)8-11-19(17(16)21)12-14-6-2-1-3-7-14/h1-5,7-9,11-12,14,20,26H,6,10,13,15-16H2;1-3,5-6,8,10,16,22,24H,4,7,9,11-13H2;1-3,5-6,8,11,17,22-23H,4,7,9-10,12-14H2;1-3,5-6,8,10,16,21-22H,4,7,9,11-13H2;2-6,8,10,14,21H,7,9,11-13H2,1H3;1-3,6-8,11,20H,4-5,9-10,12-13H2/t;;17-;16-;;/m..11../s1. The Hall–Kier alpha value is -13.7. The molecule has 9 N–H and O–H groups in total. The predicted octanol–water partition coefficient (Wildman–Crippen LogP) is 12.6. The number of aromatic hydroxyl groups is 6. The van der Waals surface area contributed by atoms with Gasteiger partial charge in [0.15, 0.2) is 40.3 Å². The van der Waals surface area contributed by atoms with Gasteiger partial charge in [-0.05, 0) is 211 Å². The van der Waals surface area contributed by atoms with Gasteiger partial charge in [-0.3, -0.25) is 67.9 Å². The Balaban J connectivity index is 0.000000136. The summed E-state index contributed by atoms with van der Waals surface area (Å²) in [5.41, 5.74) is 8.98. The third kappa shape index (κ3) is 28.6. The van der Waals surface area contributed by atoms with Crippen molar-refractivity contribution < 1.29 is 50.8 Å². The number of aliphatic hydroxyl groups excluding tert-OH is 3. The largest absolute Gasteiger partial charge is 0.503 e. The van der Waals surface area contributed by atoms with Crippen molar-refractivity contribution in [3.8, 4) is 34.5 Å². The van der Waals surface area contributed by atoms with E-state index in [0.29, 0.717) is 126 Å². The number of carbonyl (C=O) groups excluding carboxylic acids is 1. The molecule has 6 aliphatic heterocycles. The molecule has 13 aromatic rings. The summed E-state index contributed by atoms with van der Waals surface area (Å²) in [4.78, 5) is 104. The van der Waals surface area contributed by atoms with Crippen LogP contribution in [-0.2, 0) is 83.3 Å². The lowest BCUT2D eigenvalue weighted by Gasteiger charge is -2.24. The summed E-state index contributed by atoms with van der Waals surface area (Å²) in [5, 5.41) is 89.4. The van der Waals surface area contributed by atoms with Crippen molar-refractivity contribution in [2.45, 2.75) is 187 Å². The maximum Gasteiger partial charge on any atom is 0.293 e. The van der Waals surface area contributed by atoms with Gasteiger partial charge in [-0.1, -0.05) is 195 Å². The molecule has 3 unspecified atom stereocenters. The Morgan fingerprint density at radius 3 is 0.937 bits per heavy atom. The first-order valence-corrected chi connectivity index (χ1v) is 49.5. The molecule has 29 heteroatoms. The number of pyridine rings is 7. The van der Waals surface area contributed by atoms with E-state index in [9.17, 15) is 69.3 Å². The second kappa shape index (κ2) is 52.2. The lowest BCUT2D eigenvalue weighted by molar-refractivity contribution is -0.126. The quantitative estimate of drug-likeness (QED) is 0.0202. The first-order valence-electron chi connectivity index (χ1n) is 49.5. The van der Waals surface area contributed by atoms with Crippen molar-refractivity contribution in [3.05, 3.63) is 415 Å². The van der Waals surface area contributed by atoms with Gasteiger partial charge in [-0.25, -0.2) is 0 Å². The van der Waals surface area contributed by atoms with E-state index in [1.54, 1.807) is 63.0 Å². The summed E-state index contributed by atoms with van der Waals surface area (Å²) in [5.74, 6) is -0.524. The van der Waals surface area contributed by atoms with Crippen molar-refractivity contribution in [2.24, 2.45) is 5.92 Å². The number of hydrogen-bond donors (Lipinski definition) is 9. The Morgan fingerprint density at radius 2 is 0.606 bits per heavy atom. The summed E-state index contributed by atoms with van der Waals surface area (Å²) in [6.45, 7) is 15.6. The molecule has 0 radical (unpaired) electrons. The van der Waals surface area contributed by atoms with E-state index in [0.717, 1.165) is 147 Å². The number of Topliss-reactive ketones (excluding diaryl/α,β-unsaturated/α-hetero) is 1. The van der Waals surface area contributed by atoms with Crippen LogP contribution in [0.4, 0.5) is 0 Å². The third-order valence-corrected chi connectivity index (χ3v) is 27.5. The zero-order chi connectivity index (χ0) is 99.8. The van der Waals surface area contributed by atoms with Crippen molar-refractivity contribution in [2.75, 3.05) is 72.2 Å². The molecular formula is C113H133N13O16. The van der Waals surface area contributed by atoms with Crippen LogP contribution in [0.2, 0.25) is 0 Å². The molecule has 7 aromatic heterocycles. The molecule has 6 aliphatic rings. The van der Waals surface area contributed by atoms with Gasteiger partial charge < -0.3 is 73.4 Å². The molecule has 13 heterocycles. The fourth-order valence-corrected chi connectivity index (χ4v) is 19.6. The van der Waals surface area contributed by atoms with Crippen LogP contribution in [0.3, 0.4) is 0 Å². The monoisotopic (exact) mass is 1930 g/mol. The smallest absolute Gasteiger partial charge is 0.293 e. The average molecular weight is 1930 g/mol. The Bertz CT molecular complexity index is 6590. The van der Waals surface area contributed by atoms with Gasteiger partial charge >= 0.3 is 0 Å². The number of hydrogen-bond acceptors (Lipinski definition) is 23. The van der Waals surface area contributed by atoms with Crippen LogP contribution in [0.15, 0.2) is 309 Å². The molecule has 29 nitrogen and oxygen atoms in total. The van der Waals surface area contributed by atoms with Gasteiger partial charge in [-0.2, -0.15) is 0 Å². The number of likely N-dealkylation sites (tertiary alicyclic amines) is 6. The van der Waals surface area contributed by atoms with E-state index >= 15 is 0 Å². The van der Waals surface area contributed by atoms with E-state index in [4.69, 9.17) is 10.2 Å². The van der Waals surface area contributed by atoms with Crippen LogP contribution in [0.5, 0.6) is 34.5 Å². The first-order chi connectivity index (χ1) is 69.1. The van der Waals surface area contributed by atoms with Gasteiger partial charge in [0.2, 0.25) is 0 Å². The number of aliphatic hydroxyl groups is 3. The van der Waals surface area contributed by atoms with E-state index < -0.39 is 12.2 Å². The van der Waals surface area contributed by atoms with Crippen molar-refractivity contribution in [1.82, 2.24) is 61.8 Å². The SMILES string of the molecule is CC1CCN(Cc2ccn(Cc3ccccc3)c(=O)c2O)C1.O=C(CO)C1CCCN1Cc1ccn(Cc2ccccc2)c(=O)c1O.O=c1c(O)c(CN2CCCC2)ccn1Cc1ccccc1.O=c1c(O)c(CN2CCCC2c2ccccn2)ccn1Cc1ccccc1.O=c1c(O)c(CN2CCC[C@@H]2CCO)ccn1Cc1ccccc1.O=c1c(O)c(CN2CCC[C@@H]2CO)ccn1Cc1ccccc1. The number of carbonyl (C=O) groups is 1. The van der Waals surface area contributed by atoms with Crippen LogP contribution >= 0.6 is 0 Å². The maximum absolute atomic E-state index is 12.6. The zero-order valence-electron chi connectivity index (χ0n) is 80.9.